The molecule has 3 amide bonds. The van der Waals surface area contributed by atoms with Crippen molar-refractivity contribution in [1.29, 1.82) is 0 Å². The number of imide groups is 1. The molecule has 50 heavy (non-hydrogen) atoms. The first kappa shape index (κ1) is 33.8. The highest BCUT2D eigenvalue weighted by molar-refractivity contribution is 8.00. The number of benzene rings is 2. The minimum absolute atomic E-state index is 0.0673. The molecule has 0 spiro atoms. The number of likely N-dealkylation sites (tertiary alicyclic amines) is 1. The Morgan fingerprint density at radius 2 is 1.70 bits per heavy atom. The zero-order chi connectivity index (χ0) is 35.4. The third-order valence-corrected chi connectivity index (χ3v) is 12.8. The number of aromatic nitrogens is 1. The first-order chi connectivity index (χ1) is 24.0. The quantitative estimate of drug-likeness (QED) is 0.193. The maximum atomic E-state index is 13.7. The number of hydrogen-bond acceptors (Lipinski definition) is 11. The van der Waals surface area contributed by atoms with Crippen LogP contribution >= 0.6 is 23.1 Å². The number of fused-ring (bicyclic) bond motifs is 9. The van der Waals surface area contributed by atoms with Crippen LogP contribution in [0.4, 0.5) is 5.69 Å². The molecular formula is C35H35N3O10S2. The Balaban J connectivity index is 1.13. The second-order valence-corrected chi connectivity index (χ2v) is 15.0. The van der Waals surface area contributed by atoms with Crippen LogP contribution in [-0.4, -0.2) is 75.8 Å². The van der Waals surface area contributed by atoms with Crippen LogP contribution in [0.2, 0.25) is 0 Å². The number of amides is 3. The van der Waals surface area contributed by atoms with Gasteiger partial charge in [-0.3, -0.25) is 24.1 Å². The minimum Gasteiger partial charge on any atom is -0.490 e. The Kier molecular flexibility index (Phi) is 8.97. The summed E-state index contributed by atoms with van der Waals surface area (Å²) < 4.78 is 16.9. The fraction of sp³-hybridized carbons (Fsp3) is 0.429. The average molecular weight is 722 g/mol. The summed E-state index contributed by atoms with van der Waals surface area (Å²) in [5.41, 5.74) is 1.69. The number of ether oxygens (including phenoxy) is 3. The summed E-state index contributed by atoms with van der Waals surface area (Å²) in [6.07, 6.45) is 0.667. The fourth-order valence-corrected chi connectivity index (χ4v) is 11.1. The number of rotatable bonds is 11. The van der Waals surface area contributed by atoms with Crippen LogP contribution in [0, 0.1) is 29.6 Å². The van der Waals surface area contributed by atoms with Gasteiger partial charge >= 0.3 is 16.8 Å². The Hall–Kier alpha value is -4.63. The van der Waals surface area contributed by atoms with Crippen molar-refractivity contribution in [1.82, 2.24) is 9.88 Å². The number of thiazole rings is 1. The first-order valence-electron chi connectivity index (χ1n) is 16.5. The van der Waals surface area contributed by atoms with E-state index >= 15 is 0 Å². The number of carboxylic acid groups (broad SMARTS) is 1. The maximum absolute atomic E-state index is 13.7. The van der Waals surface area contributed by atoms with Crippen molar-refractivity contribution in [2.75, 3.05) is 25.1 Å². The number of esters is 1. The number of carbonyl (C=O) groups excluding carboxylic acids is 4. The number of thioether (sulfide) groups is 1. The standard InChI is InChI=1S/C35H35N3O10S2/c1-4-46-22-12-17(8-11-21(22)48-14-23(39)36-18-9-6-16(7-10-18)34(44)47-5-2)24-25-19-13-20(28(25)49-30-29(24)50-35(45)37-30)27-26(19)31(40)38(32(27)41)15(3)33(42)43/h6-12,15,19-20,24-28H,4-5,13-14H2,1-3H3,(H,36,39)(H,37,45)(H,42,43)/t15?,19?,20?,24-,25?,26?,27?,28?/m1/s1. The van der Waals surface area contributed by atoms with E-state index in [4.69, 9.17) is 14.2 Å². The van der Waals surface area contributed by atoms with Crippen LogP contribution in [0.3, 0.4) is 0 Å². The van der Waals surface area contributed by atoms with Crippen molar-refractivity contribution in [3.8, 4) is 11.5 Å². The van der Waals surface area contributed by atoms with Gasteiger partial charge in [0.05, 0.1) is 35.6 Å². The number of carbonyl (C=O) groups is 5. The normalized spacial score (nSPS) is 26.5. The van der Waals surface area contributed by atoms with Crippen molar-refractivity contribution in [2.45, 2.75) is 49.4 Å². The lowest BCUT2D eigenvalue weighted by atomic mass is 9.68. The predicted octanol–water partition coefficient (Wildman–Crippen LogP) is 3.98. The molecule has 3 N–H and O–H groups in total. The summed E-state index contributed by atoms with van der Waals surface area (Å²) >= 11 is 2.67. The lowest BCUT2D eigenvalue weighted by Crippen LogP contribution is -2.44. The maximum Gasteiger partial charge on any atom is 0.338 e. The number of aliphatic carboxylic acids is 1. The monoisotopic (exact) mass is 721 g/mol. The van der Waals surface area contributed by atoms with Crippen LogP contribution in [0.1, 0.15) is 53.9 Å². The summed E-state index contributed by atoms with van der Waals surface area (Å²) in [6, 6.07) is 10.5. The minimum atomic E-state index is -1.25. The van der Waals surface area contributed by atoms with Crippen molar-refractivity contribution in [2.24, 2.45) is 29.6 Å². The van der Waals surface area contributed by atoms with Gasteiger partial charge in [0.15, 0.2) is 18.1 Å². The van der Waals surface area contributed by atoms with E-state index in [2.05, 4.69) is 10.3 Å². The molecule has 3 aromatic rings. The molecule has 1 saturated heterocycles. The number of nitrogens with zero attached hydrogens (tertiary/aromatic N) is 1. The molecule has 2 aliphatic heterocycles. The van der Waals surface area contributed by atoms with Gasteiger partial charge < -0.3 is 29.6 Å². The largest absolute Gasteiger partial charge is 0.490 e. The van der Waals surface area contributed by atoms with Crippen molar-refractivity contribution in [3.63, 3.8) is 0 Å². The molecule has 2 saturated carbocycles. The third kappa shape index (κ3) is 5.65. The smallest absolute Gasteiger partial charge is 0.338 e. The van der Waals surface area contributed by atoms with Gasteiger partial charge in [-0.05, 0) is 86.9 Å². The summed E-state index contributed by atoms with van der Waals surface area (Å²) in [4.78, 5) is 81.0. The third-order valence-electron chi connectivity index (χ3n) is 10.2. The highest BCUT2D eigenvalue weighted by atomic mass is 32.2. The van der Waals surface area contributed by atoms with E-state index in [9.17, 15) is 33.9 Å². The second kappa shape index (κ2) is 13.2. The molecule has 2 aliphatic carbocycles. The zero-order valence-corrected chi connectivity index (χ0v) is 29.0. The SMILES string of the molecule is CCOC(=O)c1ccc(NC(=O)COc2ccc([C@H]3c4sc(=O)[nH]c4SC4C5CC(C6C(=O)N(C(C)C(=O)O)C(=O)C56)C43)cc2OCC)cc1. The molecule has 3 fully saturated rings. The lowest BCUT2D eigenvalue weighted by molar-refractivity contribution is -0.154. The Labute approximate surface area is 294 Å². The van der Waals surface area contributed by atoms with Gasteiger partial charge in [0, 0.05) is 21.7 Å². The van der Waals surface area contributed by atoms with Crippen LogP contribution in [-0.2, 0) is 23.9 Å². The van der Waals surface area contributed by atoms with Gasteiger partial charge in [-0.2, -0.15) is 0 Å². The molecule has 262 valence electrons. The van der Waals surface area contributed by atoms with Crippen molar-refractivity contribution in [3.05, 3.63) is 68.1 Å². The Morgan fingerprint density at radius 3 is 2.38 bits per heavy atom. The van der Waals surface area contributed by atoms with Crippen LogP contribution in [0.25, 0.3) is 0 Å². The zero-order valence-electron chi connectivity index (χ0n) is 27.4. The summed E-state index contributed by atoms with van der Waals surface area (Å²) in [5, 5.41) is 13.0. The Bertz CT molecular complexity index is 1940. The van der Waals surface area contributed by atoms with E-state index in [1.54, 1.807) is 49.0 Å². The van der Waals surface area contributed by atoms with Gasteiger partial charge in [-0.1, -0.05) is 17.4 Å². The molecule has 7 unspecified atom stereocenters. The van der Waals surface area contributed by atoms with Crippen molar-refractivity contribution >= 4 is 58.4 Å². The van der Waals surface area contributed by atoms with Gasteiger partial charge in [0.25, 0.3) is 5.91 Å². The summed E-state index contributed by atoms with van der Waals surface area (Å²) in [6.45, 7) is 5.17. The molecule has 13 nitrogen and oxygen atoms in total. The number of carboxylic acids is 1. The van der Waals surface area contributed by atoms with Crippen LogP contribution in [0.5, 0.6) is 11.5 Å². The molecule has 2 aromatic carbocycles. The van der Waals surface area contributed by atoms with E-state index in [1.807, 2.05) is 19.1 Å². The molecule has 7 rings (SSSR count). The molecule has 0 radical (unpaired) electrons. The molecule has 3 heterocycles. The van der Waals surface area contributed by atoms with Crippen molar-refractivity contribution < 1.29 is 43.3 Å². The average Bonchev–Trinajstić information content (AvgIpc) is 3.83. The number of anilines is 1. The predicted molar refractivity (Wildman–Crippen MR) is 182 cm³/mol. The van der Waals surface area contributed by atoms with Gasteiger partial charge in [0.1, 0.15) is 6.04 Å². The molecule has 2 bridgehead atoms. The topological polar surface area (TPSA) is 181 Å². The molecule has 8 atom stereocenters. The number of nitrogens with one attached hydrogen (secondary N) is 2. The second-order valence-electron chi connectivity index (χ2n) is 12.8. The van der Waals surface area contributed by atoms with E-state index in [0.29, 0.717) is 35.8 Å². The molecule has 15 heteroatoms. The van der Waals surface area contributed by atoms with E-state index in [1.165, 1.54) is 6.92 Å². The number of aromatic amines is 1. The van der Waals surface area contributed by atoms with Gasteiger partial charge in [-0.15, -0.1) is 11.8 Å². The van der Waals surface area contributed by atoms with Crippen LogP contribution < -0.4 is 19.7 Å². The lowest BCUT2D eigenvalue weighted by Gasteiger charge is -2.43. The summed E-state index contributed by atoms with van der Waals surface area (Å²) in [5.74, 6) is -4.08. The molecular weight excluding hydrogens is 687 g/mol. The first-order valence-corrected chi connectivity index (χ1v) is 18.2. The van der Waals surface area contributed by atoms with E-state index < -0.39 is 47.5 Å². The van der Waals surface area contributed by atoms with E-state index in [0.717, 1.165) is 31.7 Å². The molecule has 4 aliphatic rings. The fourth-order valence-electron chi connectivity index (χ4n) is 8.26. The highest BCUT2D eigenvalue weighted by Gasteiger charge is 2.70. The highest BCUT2D eigenvalue weighted by Crippen LogP contribution is 2.68. The van der Waals surface area contributed by atoms with Crippen LogP contribution in [0.15, 0.2) is 52.3 Å². The Morgan fingerprint density at radius 1 is 0.980 bits per heavy atom. The summed E-state index contributed by atoms with van der Waals surface area (Å²) in [7, 11) is 0. The number of hydrogen-bond donors (Lipinski definition) is 3. The number of H-pyrrole nitrogens is 1. The van der Waals surface area contributed by atoms with E-state index in [-0.39, 0.29) is 47.0 Å². The molecule has 1 aromatic heterocycles. The van der Waals surface area contributed by atoms with Gasteiger partial charge in [-0.25, -0.2) is 9.59 Å². The van der Waals surface area contributed by atoms with Gasteiger partial charge in [0.2, 0.25) is 11.8 Å².